The fourth-order valence-corrected chi connectivity index (χ4v) is 4.17. The summed E-state index contributed by atoms with van der Waals surface area (Å²) in [4.78, 5) is 27.9. The van der Waals surface area contributed by atoms with Gasteiger partial charge in [-0.1, -0.05) is 18.2 Å². The molecule has 1 amide bonds. The van der Waals surface area contributed by atoms with E-state index in [-0.39, 0.29) is 18.4 Å². The molecule has 0 unspecified atom stereocenters. The Labute approximate surface area is 194 Å². The molecular formula is C25H32N2O6. The van der Waals surface area contributed by atoms with Crippen LogP contribution in [0.3, 0.4) is 0 Å². The number of ether oxygens (including phenoxy) is 4. The SMILES string of the molecule is COC(=O)C1(CNC(=O)c2cc(OC)cc(OC)c2)CCN(Cc2ccccc2OC)CC1. The van der Waals surface area contributed by atoms with Crippen molar-refractivity contribution in [2.24, 2.45) is 5.41 Å². The quantitative estimate of drug-likeness (QED) is 0.581. The minimum Gasteiger partial charge on any atom is -0.497 e. The van der Waals surface area contributed by atoms with Gasteiger partial charge in [0.2, 0.25) is 0 Å². The molecule has 0 radical (unpaired) electrons. The van der Waals surface area contributed by atoms with Crippen molar-refractivity contribution in [3.05, 3.63) is 53.6 Å². The van der Waals surface area contributed by atoms with Gasteiger partial charge in [0.05, 0.1) is 33.9 Å². The van der Waals surface area contributed by atoms with Gasteiger partial charge in [0.15, 0.2) is 0 Å². The van der Waals surface area contributed by atoms with Crippen molar-refractivity contribution in [3.8, 4) is 17.2 Å². The number of nitrogens with one attached hydrogen (secondary N) is 1. The normalized spacial score (nSPS) is 15.4. The summed E-state index contributed by atoms with van der Waals surface area (Å²) in [6, 6.07) is 12.9. The van der Waals surface area contributed by atoms with Crippen LogP contribution in [0.5, 0.6) is 17.2 Å². The number of amides is 1. The second kappa shape index (κ2) is 11.0. The fraction of sp³-hybridized carbons (Fsp3) is 0.440. The number of hydrogen-bond acceptors (Lipinski definition) is 7. The van der Waals surface area contributed by atoms with Crippen LogP contribution in [0.4, 0.5) is 0 Å². The van der Waals surface area contributed by atoms with Gasteiger partial charge in [-0.3, -0.25) is 14.5 Å². The molecule has 0 saturated carbocycles. The minimum absolute atomic E-state index is 0.195. The van der Waals surface area contributed by atoms with Gasteiger partial charge in [0.25, 0.3) is 5.91 Å². The number of likely N-dealkylation sites (tertiary alicyclic amines) is 1. The van der Waals surface area contributed by atoms with Crippen LogP contribution < -0.4 is 19.5 Å². The van der Waals surface area contributed by atoms with E-state index in [9.17, 15) is 9.59 Å². The molecule has 2 aromatic rings. The first-order valence-electron chi connectivity index (χ1n) is 10.9. The molecule has 8 heteroatoms. The monoisotopic (exact) mass is 456 g/mol. The first kappa shape index (κ1) is 24.4. The van der Waals surface area contributed by atoms with Crippen molar-refractivity contribution in [3.63, 3.8) is 0 Å². The summed E-state index contributed by atoms with van der Waals surface area (Å²) in [5.74, 6) is 1.29. The Balaban J connectivity index is 1.67. The lowest BCUT2D eigenvalue weighted by molar-refractivity contribution is -0.155. The molecule has 1 saturated heterocycles. The summed E-state index contributed by atoms with van der Waals surface area (Å²) >= 11 is 0. The third-order valence-corrected chi connectivity index (χ3v) is 6.22. The van der Waals surface area contributed by atoms with Crippen molar-refractivity contribution in [1.82, 2.24) is 10.2 Å². The molecule has 1 fully saturated rings. The largest absolute Gasteiger partial charge is 0.497 e. The second-order valence-corrected chi connectivity index (χ2v) is 8.14. The molecule has 0 aliphatic carbocycles. The number of nitrogens with zero attached hydrogens (tertiary/aromatic N) is 1. The summed E-state index contributed by atoms with van der Waals surface area (Å²) in [6.45, 7) is 2.34. The highest BCUT2D eigenvalue weighted by atomic mass is 16.5. The highest BCUT2D eigenvalue weighted by Gasteiger charge is 2.42. The maximum absolute atomic E-state index is 12.9. The smallest absolute Gasteiger partial charge is 0.313 e. The second-order valence-electron chi connectivity index (χ2n) is 8.14. The Morgan fingerprint density at radius 3 is 2.15 bits per heavy atom. The first-order chi connectivity index (χ1) is 15.9. The Bertz CT molecular complexity index is 947. The molecule has 3 rings (SSSR count). The van der Waals surface area contributed by atoms with E-state index in [0.717, 1.165) is 17.9 Å². The van der Waals surface area contributed by atoms with Gasteiger partial charge in [-0.15, -0.1) is 0 Å². The molecule has 33 heavy (non-hydrogen) atoms. The minimum atomic E-state index is -0.773. The predicted molar refractivity (Wildman–Crippen MR) is 124 cm³/mol. The maximum atomic E-state index is 12.9. The standard InChI is InChI=1S/C25H32N2O6/c1-30-20-13-19(14-21(15-20)31-2)23(28)26-17-25(24(29)33-4)9-11-27(12-10-25)16-18-7-5-6-8-22(18)32-3/h5-8,13-15H,9-12,16-17H2,1-4H3,(H,26,28). The van der Waals surface area contributed by atoms with Crippen LogP contribution in [0.2, 0.25) is 0 Å². The van der Waals surface area contributed by atoms with Crippen molar-refractivity contribution in [2.75, 3.05) is 48.1 Å². The average Bonchev–Trinajstić information content (AvgIpc) is 2.87. The summed E-state index contributed by atoms with van der Waals surface area (Å²) in [6.07, 6.45) is 1.16. The highest BCUT2D eigenvalue weighted by molar-refractivity contribution is 5.95. The topological polar surface area (TPSA) is 86.3 Å². The molecule has 0 spiro atoms. The van der Waals surface area contributed by atoms with E-state index in [1.165, 1.54) is 21.3 Å². The molecule has 0 atom stereocenters. The van der Waals surface area contributed by atoms with Crippen LogP contribution in [0.15, 0.2) is 42.5 Å². The lowest BCUT2D eigenvalue weighted by atomic mass is 9.78. The summed E-state index contributed by atoms with van der Waals surface area (Å²) in [5, 5.41) is 2.92. The van der Waals surface area contributed by atoms with Crippen LogP contribution >= 0.6 is 0 Å². The van der Waals surface area contributed by atoms with Gasteiger partial charge in [0, 0.05) is 30.3 Å². The molecule has 1 aliphatic rings. The van der Waals surface area contributed by atoms with E-state index in [2.05, 4.69) is 10.2 Å². The third kappa shape index (κ3) is 5.76. The van der Waals surface area contributed by atoms with Crippen molar-refractivity contribution < 1.29 is 28.5 Å². The third-order valence-electron chi connectivity index (χ3n) is 6.22. The number of esters is 1. The number of carbonyl (C=O) groups is 2. The van der Waals surface area contributed by atoms with Crippen LogP contribution in [-0.2, 0) is 16.1 Å². The number of hydrogen-bond donors (Lipinski definition) is 1. The summed E-state index contributed by atoms with van der Waals surface area (Å²) < 4.78 is 21.1. The predicted octanol–water partition coefficient (Wildman–Crippen LogP) is 2.90. The Kier molecular flexibility index (Phi) is 8.16. The Hall–Kier alpha value is -3.26. The van der Waals surface area contributed by atoms with Gasteiger partial charge in [-0.05, 0) is 44.1 Å². The molecule has 0 bridgehead atoms. The maximum Gasteiger partial charge on any atom is 0.313 e. The number of para-hydroxylation sites is 1. The van der Waals surface area contributed by atoms with Gasteiger partial charge in [0.1, 0.15) is 17.2 Å². The number of piperidine rings is 1. The zero-order valence-corrected chi connectivity index (χ0v) is 19.7. The lowest BCUT2D eigenvalue weighted by Crippen LogP contribution is -2.50. The number of benzene rings is 2. The van der Waals surface area contributed by atoms with E-state index in [1.54, 1.807) is 25.3 Å². The summed E-state index contributed by atoms with van der Waals surface area (Å²) in [5.41, 5.74) is 0.732. The molecule has 2 aromatic carbocycles. The zero-order chi connectivity index (χ0) is 23.8. The van der Waals surface area contributed by atoms with Crippen LogP contribution in [0, 0.1) is 5.41 Å². The first-order valence-corrected chi connectivity index (χ1v) is 10.9. The number of methoxy groups -OCH3 is 4. The van der Waals surface area contributed by atoms with Crippen molar-refractivity contribution in [2.45, 2.75) is 19.4 Å². The van der Waals surface area contributed by atoms with Crippen molar-refractivity contribution in [1.29, 1.82) is 0 Å². The number of rotatable bonds is 9. The molecule has 8 nitrogen and oxygen atoms in total. The van der Waals surface area contributed by atoms with E-state index in [1.807, 2.05) is 24.3 Å². The Morgan fingerprint density at radius 2 is 1.58 bits per heavy atom. The van der Waals surface area contributed by atoms with Gasteiger partial charge in [-0.25, -0.2) is 0 Å². The molecule has 0 aromatic heterocycles. The van der Waals surface area contributed by atoms with E-state index >= 15 is 0 Å². The molecule has 1 heterocycles. The van der Waals surface area contributed by atoms with E-state index in [0.29, 0.717) is 43.0 Å². The molecule has 1 aliphatic heterocycles. The van der Waals surface area contributed by atoms with Crippen LogP contribution in [0.1, 0.15) is 28.8 Å². The van der Waals surface area contributed by atoms with E-state index < -0.39 is 5.41 Å². The Morgan fingerprint density at radius 1 is 0.939 bits per heavy atom. The van der Waals surface area contributed by atoms with Gasteiger partial charge >= 0.3 is 5.97 Å². The van der Waals surface area contributed by atoms with Gasteiger partial charge < -0.3 is 24.3 Å². The zero-order valence-electron chi connectivity index (χ0n) is 19.7. The van der Waals surface area contributed by atoms with Crippen LogP contribution in [0.25, 0.3) is 0 Å². The van der Waals surface area contributed by atoms with Gasteiger partial charge in [-0.2, -0.15) is 0 Å². The average molecular weight is 457 g/mol. The summed E-state index contributed by atoms with van der Waals surface area (Å²) in [7, 11) is 6.11. The fourth-order valence-electron chi connectivity index (χ4n) is 4.17. The molecule has 178 valence electrons. The molecular weight excluding hydrogens is 424 g/mol. The van der Waals surface area contributed by atoms with Crippen molar-refractivity contribution >= 4 is 11.9 Å². The highest BCUT2D eigenvalue weighted by Crippen LogP contribution is 2.34. The lowest BCUT2D eigenvalue weighted by Gasteiger charge is -2.39. The molecule has 1 N–H and O–H groups in total. The van der Waals surface area contributed by atoms with Crippen LogP contribution in [-0.4, -0.2) is 64.8 Å². The van der Waals surface area contributed by atoms with E-state index in [4.69, 9.17) is 18.9 Å². The number of carbonyl (C=O) groups excluding carboxylic acids is 2.